The number of hydrogen-bond acceptors (Lipinski definition) is 5. The van der Waals surface area contributed by atoms with E-state index in [0.717, 1.165) is 18.2 Å². The van der Waals surface area contributed by atoms with Gasteiger partial charge in [-0.05, 0) is 34.6 Å². The van der Waals surface area contributed by atoms with Crippen molar-refractivity contribution >= 4 is 11.6 Å². The molecule has 0 amide bonds. The van der Waals surface area contributed by atoms with E-state index in [2.05, 4.69) is 41.4 Å². The lowest BCUT2D eigenvalue weighted by Crippen LogP contribution is -2.27. The summed E-state index contributed by atoms with van der Waals surface area (Å²) in [6.07, 6.45) is 0. The van der Waals surface area contributed by atoms with Crippen molar-refractivity contribution in [3.63, 3.8) is 0 Å². The largest absolute Gasteiger partial charge is 0.374 e. The molecule has 0 saturated heterocycles. The molecule has 0 aliphatic heterocycles. The van der Waals surface area contributed by atoms with E-state index in [1.807, 2.05) is 19.9 Å². The van der Waals surface area contributed by atoms with Crippen molar-refractivity contribution in [3.05, 3.63) is 11.9 Å². The zero-order valence-corrected chi connectivity index (χ0v) is 12.0. The Morgan fingerprint density at radius 3 is 2.39 bits per heavy atom. The minimum Gasteiger partial charge on any atom is -0.374 e. The lowest BCUT2D eigenvalue weighted by Gasteiger charge is -2.22. The molecule has 1 aromatic heterocycles. The molecule has 0 aromatic carbocycles. The summed E-state index contributed by atoms with van der Waals surface area (Å²) in [4.78, 5) is 8.85. The summed E-state index contributed by atoms with van der Waals surface area (Å²) >= 11 is 0. The Morgan fingerprint density at radius 1 is 1.17 bits per heavy atom. The number of anilines is 2. The van der Waals surface area contributed by atoms with Gasteiger partial charge in [0.15, 0.2) is 5.82 Å². The summed E-state index contributed by atoms with van der Waals surface area (Å²) in [6.45, 7) is 12.2. The Labute approximate surface area is 109 Å². The van der Waals surface area contributed by atoms with Crippen LogP contribution < -0.4 is 10.6 Å². The predicted octanol–water partition coefficient (Wildman–Crippen LogP) is 2.66. The van der Waals surface area contributed by atoms with Crippen LogP contribution in [0.5, 0.6) is 0 Å². The van der Waals surface area contributed by atoms with Crippen LogP contribution in [0.3, 0.4) is 0 Å². The summed E-state index contributed by atoms with van der Waals surface area (Å²) in [5.74, 6) is 2.35. The molecule has 2 N–H and O–H groups in total. The fourth-order valence-corrected chi connectivity index (χ4v) is 1.47. The molecular formula is C13H24N4O. The SMILES string of the molecule is CCNc1cc(NC(C)(C)C)nc(COCC)n1. The highest BCUT2D eigenvalue weighted by atomic mass is 16.5. The minimum absolute atomic E-state index is 0.0271. The molecule has 0 aliphatic rings. The van der Waals surface area contributed by atoms with Crippen molar-refractivity contribution < 1.29 is 4.74 Å². The number of ether oxygens (including phenoxy) is 1. The first-order valence-corrected chi connectivity index (χ1v) is 6.42. The Kier molecular flexibility index (Phi) is 5.34. The van der Waals surface area contributed by atoms with Gasteiger partial charge in [-0.15, -0.1) is 0 Å². The van der Waals surface area contributed by atoms with Gasteiger partial charge in [0.25, 0.3) is 0 Å². The molecule has 0 fully saturated rings. The summed E-state index contributed by atoms with van der Waals surface area (Å²) in [7, 11) is 0. The van der Waals surface area contributed by atoms with E-state index in [-0.39, 0.29) is 5.54 Å². The van der Waals surface area contributed by atoms with E-state index in [4.69, 9.17) is 4.74 Å². The fraction of sp³-hybridized carbons (Fsp3) is 0.692. The standard InChI is InChI=1S/C13H24N4O/c1-6-14-10-8-11(17-13(3,4)5)16-12(15-10)9-18-7-2/h8H,6-7,9H2,1-5H3,(H2,14,15,16,17). The molecule has 0 bridgehead atoms. The first kappa shape index (κ1) is 14.7. The van der Waals surface area contributed by atoms with Crippen LogP contribution in [-0.4, -0.2) is 28.7 Å². The van der Waals surface area contributed by atoms with Crippen molar-refractivity contribution in [2.24, 2.45) is 0 Å². The molecule has 0 atom stereocenters. The number of rotatable bonds is 6. The zero-order valence-electron chi connectivity index (χ0n) is 12.0. The highest BCUT2D eigenvalue weighted by Crippen LogP contribution is 2.16. The monoisotopic (exact) mass is 252 g/mol. The molecular weight excluding hydrogens is 228 g/mol. The molecule has 0 unspecified atom stereocenters. The maximum absolute atomic E-state index is 5.36. The van der Waals surface area contributed by atoms with Crippen LogP contribution >= 0.6 is 0 Å². The van der Waals surface area contributed by atoms with Gasteiger partial charge in [0.2, 0.25) is 0 Å². The third kappa shape index (κ3) is 5.31. The van der Waals surface area contributed by atoms with Crippen LogP contribution in [0.15, 0.2) is 6.07 Å². The highest BCUT2D eigenvalue weighted by Gasteiger charge is 2.12. The van der Waals surface area contributed by atoms with E-state index in [0.29, 0.717) is 19.0 Å². The number of aromatic nitrogens is 2. The van der Waals surface area contributed by atoms with E-state index in [9.17, 15) is 0 Å². The predicted molar refractivity (Wildman–Crippen MR) is 74.9 cm³/mol. The Morgan fingerprint density at radius 2 is 1.83 bits per heavy atom. The van der Waals surface area contributed by atoms with Gasteiger partial charge in [-0.25, -0.2) is 9.97 Å². The van der Waals surface area contributed by atoms with Gasteiger partial charge in [-0.1, -0.05) is 0 Å². The normalized spacial score (nSPS) is 11.4. The number of hydrogen-bond donors (Lipinski definition) is 2. The first-order valence-electron chi connectivity index (χ1n) is 6.42. The lowest BCUT2D eigenvalue weighted by molar-refractivity contribution is 0.128. The average molecular weight is 252 g/mol. The van der Waals surface area contributed by atoms with Crippen LogP contribution in [0.4, 0.5) is 11.6 Å². The molecule has 1 aromatic rings. The molecule has 102 valence electrons. The van der Waals surface area contributed by atoms with E-state index >= 15 is 0 Å². The van der Waals surface area contributed by atoms with Crippen molar-refractivity contribution in [2.75, 3.05) is 23.8 Å². The minimum atomic E-state index is -0.0271. The molecule has 1 rings (SSSR count). The molecule has 0 aliphatic carbocycles. The van der Waals surface area contributed by atoms with E-state index < -0.39 is 0 Å². The van der Waals surface area contributed by atoms with Crippen molar-refractivity contribution in [2.45, 2.75) is 46.8 Å². The Hall–Kier alpha value is -1.36. The van der Waals surface area contributed by atoms with Gasteiger partial charge in [0.1, 0.15) is 18.2 Å². The molecule has 0 saturated carbocycles. The van der Waals surface area contributed by atoms with Crippen LogP contribution in [0, 0.1) is 0 Å². The molecule has 5 heteroatoms. The summed E-state index contributed by atoms with van der Waals surface area (Å²) < 4.78 is 5.36. The Balaban J connectivity index is 2.90. The number of nitrogens with zero attached hydrogens (tertiary/aromatic N) is 2. The topological polar surface area (TPSA) is 59.1 Å². The quantitative estimate of drug-likeness (QED) is 0.815. The van der Waals surface area contributed by atoms with E-state index in [1.54, 1.807) is 0 Å². The second kappa shape index (κ2) is 6.54. The van der Waals surface area contributed by atoms with Crippen LogP contribution in [0.1, 0.15) is 40.4 Å². The van der Waals surface area contributed by atoms with Gasteiger partial charge in [0.05, 0.1) is 0 Å². The zero-order chi connectivity index (χ0) is 13.6. The van der Waals surface area contributed by atoms with Gasteiger partial charge >= 0.3 is 0 Å². The molecule has 5 nitrogen and oxygen atoms in total. The fourth-order valence-electron chi connectivity index (χ4n) is 1.47. The number of nitrogens with one attached hydrogen (secondary N) is 2. The third-order valence-corrected chi connectivity index (χ3v) is 2.07. The molecule has 1 heterocycles. The van der Waals surface area contributed by atoms with Gasteiger partial charge in [-0.2, -0.15) is 0 Å². The maximum Gasteiger partial charge on any atom is 0.158 e. The lowest BCUT2D eigenvalue weighted by atomic mass is 10.1. The van der Waals surface area contributed by atoms with Crippen LogP contribution in [0.25, 0.3) is 0 Å². The molecule has 0 radical (unpaired) electrons. The summed E-state index contributed by atoms with van der Waals surface area (Å²) in [6, 6.07) is 1.92. The summed E-state index contributed by atoms with van der Waals surface area (Å²) in [5.41, 5.74) is -0.0271. The molecule has 18 heavy (non-hydrogen) atoms. The first-order chi connectivity index (χ1) is 8.44. The van der Waals surface area contributed by atoms with E-state index in [1.165, 1.54) is 0 Å². The average Bonchev–Trinajstić information content (AvgIpc) is 2.24. The van der Waals surface area contributed by atoms with Crippen LogP contribution in [-0.2, 0) is 11.3 Å². The summed E-state index contributed by atoms with van der Waals surface area (Å²) in [5, 5.41) is 6.55. The van der Waals surface area contributed by atoms with Crippen molar-refractivity contribution in [3.8, 4) is 0 Å². The maximum atomic E-state index is 5.36. The molecule has 0 spiro atoms. The van der Waals surface area contributed by atoms with Crippen LogP contribution in [0.2, 0.25) is 0 Å². The Bertz CT molecular complexity index is 374. The van der Waals surface area contributed by atoms with Crippen molar-refractivity contribution in [1.29, 1.82) is 0 Å². The highest BCUT2D eigenvalue weighted by molar-refractivity contribution is 5.48. The van der Waals surface area contributed by atoms with Gasteiger partial charge in [0, 0.05) is 24.8 Å². The smallest absolute Gasteiger partial charge is 0.158 e. The third-order valence-electron chi connectivity index (χ3n) is 2.07. The second-order valence-electron chi connectivity index (χ2n) is 5.10. The second-order valence-corrected chi connectivity index (χ2v) is 5.10. The van der Waals surface area contributed by atoms with Gasteiger partial charge < -0.3 is 15.4 Å². The van der Waals surface area contributed by atoms with Crippen molar-refractivity contribution in [1.82, 2.24) is 9.97 Å². The van der Waals surface area contributed by atoms with Gasteiger partial charge in [-0.3, -0.25) is 0 Å².